The van der Waals surface area contributed by atoms with Crippen LogP contribution >= 0.6 is 7.62 Å². The van der Waals surface area contributed by atoms with Crippen LogP contribution in [-0.4, -0.2) is 0 Å². The van der Waals surface area contributed by atoms with Crippen molar-refractivity contribution in [1.82, 2.24) is 0 Å². The summed E-state index contributed by atoms with van der Waals surface area (Å²) in [5.74, 6) is 0. The molecule has 0 saturated carbocycles. The molecule has 0 atom stereocenters. The van der Waals surface area contributed by atoms with Gasteiger partial charge in [-0.3, -0.25) is 0 Å². The molecular formula is ClF2U. The Balaban J connectivity index is 2.32. The van der Waals surface area contributed by atoms with Crippen LogP contribution in [0.25, 0.3) is 0 Å². The molecule has 4 heavy (non-hydrogen) atoms. The third-order valence-electron chi connectivity index (χ3n) is 0. The Hall–Kier alpha value is 1.20. The summed E-state index contributed by atoms with van der Waals surface area (Å²) in [7, 11) is 4.16. The van der Waals surface area contributed by atoms with Gasteiger partial charge in [0.05, 0.1) is 0 Å². The first-order valence-corrected chi connectivity index (χ1v) is 8.81. The van der Waals surface area contributed by atoms with Gasteiger partial charge in [0.2, 0.25) is 0 Å². The van der Waals surface area contributed by atoms with Crippen molar-refractivity contribution in [3.63, 3.8) is 0 Å². The molecule has 0 aromatic heterocycles. The average Bonchev–Trinajstić information content (AvgIpc) is 0.811. The van der Waals surface area contributed by atoms with E-state index in [2.05, 4.69) is 7.62 Å². The SMILES string of the molecule is [F][U]([F])[Cl]. The maximum absolute atomic E-state index is 10.3. The summed E-state index contributed by atoms with van der Waals surface area (Å²) in [6.07, 6.45) is 0. The van der Waals surface area contributed by atoms with E-state index in [-0.39, 0.29) is 0 Å². The topological polar surface area (TPSA) is 0 Å². The Kier molecular flexibility index (Phi) is 3.17. The summed E-state index contributed by atoms with van der Waals surface area (Å²) in [4.78, 5) is 0. The predicted molar refractivity (Wildman–Crippen MR) is 8.07 cm³/mol. The van der Waals surface area contributed by atoms with E-state index in [9.17, 15) is 4.20 Å². The van der Waals surface area contributed by atoms with Crippen molar-refractivity contribution in [2.75, 3.05) is 0 Å². The van der Waals surface area contributed by atoms with Crippen LogP contribution < -0.4 is 0 Å². The van der Waals surface area contributed by atoms with Gasteiger partial charge in [0.15, 0.2) is 0 Å². The van der Waals surface area contributed by atoms with Crippen molar-refractivity contribution in [1.29, 1.82) is 0 Å². The Bertz CT molecular complexity index is 10.8. The van der Waals surface area contributed by atoms with Gasteiger partial charge in [0.25, 0.3) is 0 Å². The van der Waals surface area contributed by atoms with Gasteiger partial charge in [0.1, 0.15) is 0 Å². The molecule has 0 saturated heterocycles. The molecule has 0 radical (unpaired) electrons. The van der Waals surface area contributed by atoms with E-state index < -0.39 is 26.1 Å². The molecular weight excluding hydrogens is 311 g/mol. The van der Waals surface area contributed by atoms with Crippen LogP contribution in [0.2, 0.25) is 0 Å². The van der Waals surface area contributed by atoms with Gasteiger partial charge in [-0.1, -0.05) is 0 Å². The van der Waals surface area contributed by atoms with E-state index in [1.54, 1.807) is 0 Å². The minimum absolute atomic E-state index is 4.16. The first-order valence-electron chi connectivity index (χ1n) is 0.567. The zero-order chi connectivity index (χ0) is 3.58. The van der Waals surface area contributed by atoms with Crippen LogP contribution in [0.5, 0.6) is 0 Å². The molecule has 0 N–H and O–H groups in total. The van der Waals surface area contributed by atoms with E-state index in [4.69, 9.17) is 0 Å². The molecule has 0 heterocycles. The van der Waals surface area contributed by atoms with Crippen LogP contribution in [-0.2, 0) is 0 Å². The van der Waals surface area contributed by atoms with E-state index in [0.717, 1.165) is 0 Å². The van der Waals surface area contributed by atoms with E-state index in [1.807, 2.05) is 0 Å². The molecule has 0 bridgehead atoms. The Morgan fingerprint density at radius 2 is 1.50 bits per heavy atom. The molecule has 0 aromatic carbocycles. The fraction of sp³-hybridized carbons (Fsp3) is 0. The number of rotatable bonds is 0. The summed E-state index contributed by atoms with van der Waals surface area (Å²) < 4.78 is 20.6. The monoisotopic (exact) mass is 311 g/mol. The molecule has 0 aromatic rings. The van der Waals surface area contributed by atoms with Crippen LogP contribution in [0.3, 0.4) is 0 Å². The Labute approximate surface area is 37.8 Å². The second kappa shape index (κ2) is 2.44. The second-order valence-corrected chi connectivity index (χ2v) is 4.66. The summed E-state index contributed by atoms with van der Waals surface area (Å²) in [6, 6.07) is 0. The van der Waals surface area contributed by atoms with Gasteiger partial charge in [-0.15, -0.1) is 0 Å². The van der Waals surface area contributed by atoms with Crippen molar-refractivity contribution in [3.05, 3.63) is 0 Å². The van der Waals surface area contributed by atoms with Crippen LogP contribution in [0, 0.1) is 26.1 Å². The fourth-order valence-corrected chi connectivity index (χ4v) is 0. The number of hydrogen-bond donors (Lipinski definition) is 0. The van der Waals surface area contributed by atoms with Gasteiger partial charge in [-0.25, -0.2) is 0 Å². The van der Waals surface area contributed by atoms with Crippen molar-refractivity contribution in [2.45, 2.75) is 0 Å². The molecule has 0 fully saturated rings. The molecule has 0 nitrogen and oxygen atoms in total. The van der Waals surface area contributed by atoms with Crippen molar-refractivity contribution in [2.24, 2.45) is 0 Å². The van der Waals surface area contributed by atoms with E-state index >= 15 is 0 Å². The van der Waals surface area contributed by atoms with Crippen LogP contribution in [0.15, 0.2) is 0 Å². The summed E-state index contributed by atoms with van der Waals surface area (Å²) in [6.45, 7) is 0. The summed E-state index contributed by atoms with van der Waals surface area (Å²) >= 11 is -4.25. The maximum atomic E-state index is 10.3. The Morgan fingerprint density at radius 1 is 1.50 bits per heavy atom. The van der Waals surface area contributed by atoms with Crippen molar-refractivity contribution >= 4 is 7.62 Å². The van der Waals surface area contributed by atoms with Gasteiger partial charge >= 0.3 is 37.9 Å². The van der Waals surface area contributed by atoms with Crippen molar-refractivity contribution < 1.29 is 30.3 Å². The number of halogens is 3. The van der Waals surface area contributed by atoms with E-state index in [0.29, 0.717) is 0 Å². The first-order chi connectivity index (χ1) is 1.73. The Morgan fingerprint density at radius 3 is 1.50 bits per heavy atom. The first kappa shape index (κ1) is 5.20. The molecule has 0 aliphatic rings. The fourth-order valence-electron chi connectivity index (χ4n) is 0. The predicted octanol–water partition coefficient (Wildman–Crippen LogP) is 1.53. The zero-order valence-electron chi connectivity index (χ0n) is 1.63. The van der Waals surface area contributed by atoms with Gasteiger partial charge < -0.3 is 0 Å². The third-order valence-corrected chi connectivity index (χ3v) is 0. The van der Waals surface area contributed by atoms with Gasteiger partial charge in [-0.2, -0.15) is 0 Å². The zero-order valence-corrected chi connectivity index (χ0v) is 6.55. The standard InChI is InChI=1S/ClH.2FH.U/h3*1H;/q;;;+3/p-3. The van der Waals surface area contributed by atoms with Gasteiger partial charge in [0, 0.05) is 0 Å². The molecule has 0 unspecified atom stereocenters. The second-order valence-electron chi connectivity index (χ2n) is 0.214. The number of hydrogen-bond acceptors (Lipinski definition) is 0. The van der Waals surface area contributed by atoms with Crippen LogP contribution in [0.1, 0.15) is 0 Å². The molecule has 0 rings (SSSR count). The molecule has 0 spiro atoms. The van der Waals surface area contributed by atoms with Crippen molar-refractivity contribution in [3.8, 4) is 0 Å². The molecule has 25 valence electrons. The molecule has 4 heteroatoms. The minimum atomic E-state index is -4.25. The normalized spacial score (nSPS) is 6.75. The summed E-state index contributed by atoms with van der Waals surface area (Å²) in [5, 5.41) is 0. The van der Waals surface area contributed by atoms with E-state index in [1.165, 1.54) is 0 Å². The third kappa shape index (κ3) is 10.7. The average molecular weight is 311 g/mol. The molecule has 0 aliphatic heterocycles. The molecule has 0 amide bonds. The van der Waals surface area contributed by atoms with Gasteiger partial charge in [-0.05, 0) is 0 Å². The molecule has 0 aliphatic carbocycles. The quantitative estimate of drug-likeness (QED) is 0.636. The van der Waals surface area contributed by atoms with Crippen LogP contribution in [0.4, 0.5) is 4.20 Å². The summed E-state index contributed by atoms with van der Waals surface area (Å²) in [5.41, 5.74) is 0.